The minimum Gasteiger partial charge on any atom is -0.324 e. The van der Waals surface area contributed by atoms with Crippen molar-refractivity contribution in [1.82, 2.24) is 5.32 Å². The minimum absolute atomic E-state index is 0. The average molecular weight is 203 g/mol. The van der Waals surface area contributed by atoms with Crippen molar-refractivity contribution in [3.8, 4) is 0 Å². The van der Waals surface area contributed by atoms with E-state index < -0.39 is 0 Å². The van der Waals surface area contributed by atoms with Crippen LogP contribution in [0.3, 0.4) is 0 Å². The van der Waals surface area contributed by atoms with Crippen molar-refractivity contribution in [1.29, 1.82) is 0 Å². The first kappa shape index (κ1) is 17.5. The predicted molar refractivity (Wildman–Crippen MR) is 55.9 cm³/mol. The Morgan fingerprint density at radius 1 is 1.27 bits per heavy atom. The Morgan fingerprint density at radius 2 is 1.64 bits per heavy atom. The molecule has 2 nitrogen and oxygen atoms in total. The van der Waals surface area contributed by atoms with E-state index >= 15 is 0 Å². The molecule has 72 valence electrons. The van der Waals surface area contributed by atoms with Crippen LogP contribution in [0.2, 0.25) is 0 Å². The predicted octanol–water partition coefficient (Wildman–Crippen LogP) is 1.57. The number of halogens is 2. The molecule has 3 N–H and O–H groups in total. The summed E-state index contributed by atoms with van der Waals surface area (Å²) in [4.78, 5) is 0. The molecule has 0 aromatic carbocycles. The van der Waals surface area contributed by atoms with E-state index in [1.165, 1.54) is 0 Å². The molecule has 0 unspecified atom stereocenters. The zero-order chi connectivity index (χ0) is 7.49. The highest BCUT2D eigenvalue weighted by atomic mass is 35.5. The van der Waals surface area contributed by atoms with E-state index in [1.54, 1.807) is 0 Å². The van der Waals surface area contributed by atoms with Gasteiger partial charge in [-0.15, -0.1) is 24.8 Å². The maximum absolute atomic E-state index is 5.72. The van der Waals surface area contributed by atoms with Gasteiger partial charge in [0.2, 0.25) is 0 Å². The van der Waals surface area contributed by atoms with Gasteiger partial charge in [-0.2, -0.15) is 0 Å². The third-order valence-corrected chi connectivity index (χ3v) is 0.966. The monoisotopic (exact) mass is 202 g/mol. The van der Waals surface area contributed by atoms with E-state index in [1.807, 2.05) is 13.8 Å². The summed E-state index contributed by atoms with van der Waals surface area (Å²) in [7, 11) is 0. The number of rotatable bonds is 3. The first-order valence-corrected chi connectivity index (χ1v) is 3.44. The van der Waals surface area contributed by atoms with Crippen molar-refractivity contribution < 1.29 is 0 Å². The van der Waals surface area contributed by atoms with E-state index in [4.69, 9.17) is 5.73 Å². The van der Waals surface area contributed by atoms with Gasteiger partial charge in [0.05, 0.1) is 0 Å². The third kappa shape index (κ3) is 18.0. The van der Waals surface area contributed by atoms with Gasteiger partial charge in [-0.25, -0.2) is 0 Å². The number of hydrogen-bond acceptors (Lipinski definition) is 2. The highest BCUT2D eigenvalue weighted by Crippen LogP contribution is 1.93. The lowest BCUT2D eigenvalue weighted by atomic mass is 10.1. The normalized spacial score (nSPS) is 10.4. The van der Waals surface area contributed by atoms with Crippen LogP contribution in [0.15, 0.2) is 0 Å². The topological polar surface area (TPSA) is 38.0 Å². The zero-order valence-electron chi connectivity index (χ0n) is 7.68. The smallest absolute Gasteiger partial charge is 0.0223 e. The minimum atomic E-state index is -0.0791. The highest BCUT2D eigenvalue weighted by Gasteiger charge is 2.09. The summed E-state index contributed by atoms with van der Waals surface area (Å²) in [6.07, 6.45) is 0. The third-order valence-electron chi connectivity index (χ3n) is 0.966. The van der Waals surface area contributed by atoms with Gasteiger partial charge in [0.25, 0.3) is 0 Å². The van der Waals surface area contributed by atoms with Gasteiger partial charge in [-0.3, -0.25) is 0 Å². The molecule has 11 heavy (non-hydrogen) atoms. The number of nitrogens with two attached hydrogens (primary N) is 1. The molecule has 0 saturated carbocycles. The van der Waals surface area contributed by atoms with E-state index in [-0.39, 0.29) is 30.4 Å². The lowest BCUT2D eigenvalue weighted by Gasteiger charge is -2.20. The molecular weight excluding hydrogens is 183 g/mol. The summed E-state index contributed by atoms with van der Waals surface area (Å²) >= 11 is 0. The second kappa shape index (κ2) is 7.17. The molecule has 0 saturated heterocycles. The quantitative estimate of drug-likeness (QED) is 0.730. The van der Waals surface area contributed by atoms with Crippen molar-refractivity contribution in [2.45, 2.75) is 39.3 Å². The lowest BCUT2D eigenvalue weighted by molar-refractivity contribution is 0.440. The Balaban J connectivity index is -0.000000320. The van der Waals surface area contributed by atoms with Crippen LogP contribution in [-0.4, -0.2) is 18.1 Å². The molecular formula is C7H20Cl2N2. The van der Waals surface area contributed by atoms with Gasteiger partial charge in [0, 0.05) is 18.1 Å². The summed E-state index contributed by atoms with van der Waals surface area (Å²) in [6, 6.07) is 0.535. The summed E-state index contributed by atoms with van der Waals surface area (Å²) in [5.74, 6) is 0. The molecule has 0 amide bonds. The fourth-order valence-corrected chi connectivity index (χ4v) is 0.467. The van der Waals surface area contributed by atoms with Crippen LogP contribution in [0.5, 0.6) is 0 Å². The van der Waals surface area contributed by atoms with E-state index in [9.17, 15) is 0 Å². The molecule has 0 aromatic heterocycles. The van der Waals surface area contributed by atoms with Crippen LogP contribution in [0.1, 0.15) is 27.7 Å². The Morgan fingerprint density at radius 3 is 1.73 bits per heavy atom. The molecule has 0 rings (SSSR count). The van der Waals surface area contributed by atoms with E-state index in [0.29, 0.717) is 6.04 Å². The second-order valence-electron chi connectivity index (χ2n) is 3.52. The van der Waals surface area contributed by atoms with Gasteiger partial charge >= 0.3 is 0 Å². The first-order valence-electron chi connectivity index (χ1n) is 3.44. The molecule has 0 aliphatic heterocycles. The first-order chi connectivity index (χ1) is 3.92. The lowest BCUT2D eigenvalue weighted by Crippen LogP contribution is -2.45. The zero-order valence-corrected chi connectivity index (χ0v) is 9.31. The van der Waals surface area contributed by atoms with Gasteiger partial charge in [-0.05, 0) is 13.8 Å². The maximum Gasteiger partial charge on any atom is 0.0223 e. The molecule has 4 heteroatoms. The highest BCUT2D eigenvalue weighted by molar-refractivity contribution is 5.85. The molecule has 0 spiro atoms. The largest absolute Gasteiger partial charge is 0.324 e. The van der Waals surface area contributed by atoms with Crippen molar-refractivity contribution in [3.63, 3.8) is 0 Å². The summed E-state index contributed by atoms with van der Waals surface area (Å²) < 4.78 is 0. The fraction of sp³-hybridized carbons (Fsp3) is 1.00. The van der Waals surface area contributed by atoms with Crippen LogP contribution in [0.25, 0.3) is 0 Å². The Bertz CT molecular complexity index is 79.0. The van der Waals surface area contributed by atoms with Gasteiger partial charge in [-0.1, -0.05) is 13.8 Å². The Kier molecular flexibility index (Phi) is 11.4. The van der Waals surface area contributed by atoms with E-state index in [0.717, 1.165) is 6.54 Å². The molecule has 0 fully saturated rings. The van der Waals surface area contributed by atoms with Crippen molar-refractivity contribution in [2.75, 3.05) is 6.54 Å². The van der Waals surface area contributed by atoms with Crippen LogP contribution < -0.4 is 11.1 Å². The summed E-state index contributed by atoms with van der Waals surface area (Å²) in [5.41, 5.74) is 5.64. The molecule has 0 aliphatic rings. The van der Waals surface area contributed by atoms with Crippen molar-refractivity contribution in [2.24, 2.45) is 5.73 Å². The van der Waals surface area contributed by atoms with Gasteiger partial charge in [0.1, 0.15) is 0 Å². The molecule has 0 heterocycles. The average Bonchev–Trinajstić information content (AvgIpc) is 1.59. The van der Waals surface area contributed by atoms with Crippen LogP contribution in [-0.2, 0) is 0 Å². The fourth-order valence-electron chi connectivity index (χ4n) is 0.467. The summed E-state index contributed by atoms with van der Waals surface area (Å²) in [6.45, 7) is 9.15. The van der Waals surface area contributed by atoms with Crippen molar-refractivity contribution in [3.05, 3.63) is 0 Å². The number of nitrogens with one attached hydrogen (secondary N) is 1. The molecule has 0 bridgehead atoms. The van der Waals surface area contributed by atoms with Gasteiger partial charge < -0.3 is 11.1 Å². The van der Waals surface area contributed by atoms with Gasteiger partial charge in [0.15, 0.2) is 0 Å². The molecule has 0 aliphatic carbocycles. The molecule has 0 atom stereocenters. The number of hydrogen-bond donors (Lipinski definition) is 2. The molecule has 0 aromatic rings. The second-order valence-corrected chi connectivity index (χ2v) is 3.52. The SMILES string of the molecule is CC(C)NCC(C)(C)N.Cl.Cl. The van der Waals surface area contributed by atoms with E-state index in [2.05, 4.69) is 19.2 Å². The van der Waals surface area contributed by atoms with Crippen LogP contribution in [0, 0.1) is 0 Å². The van der Waals surface area contributed by atoms with Crippen molar-refractivity contribution >= 4 is 24.8 Å². The summed E-state index contributed by atoms with van der Waals surface area (Å²) in [5, 5.41) is 3.26. The standard InChI is InChI=1S/C7H18N2.2ClH/c1-6(2)9-5-7(3,4)8;;/h6,9H,5,8H2,1-4H3;2*1H. The Hall–Kier alpha value is 0.500. The Labute approximate surface area is 82.1 Å². The van der Waals surface area contributed by atoms with Crippen LogP contribution in [0.4, 0.5) is 0 Å². The maximum atomic E-state index is 5.72. The van der Waals surface area contributed by atoms with Crippen LogP contribution >= 0.6 is 24.8 Å². The molecule has 0 radical (unpaired) electrons.